The Morgan fingerprint density at radius 1 is 1.42 bits per heavy atom. The molecule has 0 aromatic heterocycles. The highest BCUT2D eigenvalue weighted by molar-refractivity contribution is 5.87. The molecule has 24 heavy (non-hydrogen) atoms. The molecule has 0 spiro atoms. The van der Waals surface area contributed by atoms with Crippen LogP contribution in [0.2, 0.25) is 0 Å². The number of piperidine rings is 1. The Kier molecular flexibility index (Phi) is 6.87. The maximum atomic E-state index is 11.8. The third kappa shape index (κ3) is 5.42. The number of carbonyl (C=O) groups is 2. The van der Waals surface area contributed by atoms with E-state index >= 15 is 0 Å². The molecule has 1 saturated heterocycles. The molecule has 0 aliphatic carbocycles. The van der Waals surface area contributed by atoms with Crippen molar-refractivity contribution in [3.63, 3.8) is 0 Å². The van der Waals surface area contributed by atoms with Gasteiger partial charge < -0.3 is 25.4 Å². The van der Waals surface area contributed by atoms with Crippen LogP contribution in [0.15, 0.2) is 24.3 Å². The first kappa shape index (κ1) is 18.1. The molecule has 1 aromatic rings. The predicted octanol–water partition coefficient (Wildman–Crippen LogP) is 1.04. The summed E-state index contributed by atoms with van der Waals surface area (Å²) < 4.78 is 10.7. The van der Waals surface area contributed by atoms with Crippen molar-refractivity contribution >= 4 is 11.9 Å². The number of hydrogen-bond acceptors (Lipinski definition) is 4. The van der Waals surface area contributed by atoms with Crippen LogP contribution in [0.5, 0.6) is 5.75 Å². The van der Waals surface area contributed by atoms with Crippen molar-refractivity contribution in [1.29, 1.82) is 0 Å². The first-order valence-electron chi connectivity index (χ1n) is 8.13. The second kappa shape index (κ2) is 9.12. The van der Waals surface area contributed by atoms with E-state index in [-0.39, 0.29) is 17.9 Å². The van der Waals surface area contributed by atoms with Crippen LogP contribution in [0.3, 0.4) is 0 Å². The molecule has 1 fully saturated rings. The molecule has 1 aliphatic rings. The number of hydrogen-bond donors (Lipinski definition) is 3. The minimum absolute atomic E-state index is 0.127. The van der Waals surface area contributed by atoms with Crippen molar-refractivity contribution in [2.24, 2.45) is 5.92 Å². The zero-order valence-electron chi connectivity index (χ0n) is 14.1. The molecule has 3 N–H and O–H groups in total. The van der Waals surface area contributed by atoms with Crippen LogP contribution in [0.1, 0.15) is 18.9 Å². The molecular formula is C17H25N3O4. The third-order valence-corrected chi connectivity index (χ3v) is 3.97. The number of rotatable bonds is 7. The van der Waals surface area contributed by atoms with Crippen LogP contribution in [0.25, 0.3) is 0 Å². The van der Waals surface area contributed by atoms with Gasteiger partial charge in [0, 0.05) is 13.1 Å². The van der Waals surface area contributed by atoms with Gasteiger partial charge in [0.1, 0.15) is 11.8 Å². The van der Waals surface area contributed by atoms with E-state index in [0.29, 0.717) is 26.3 Å². The number of benzene rings is 1. The van der Waals surface area contributed by atoms with Crippen LogP contribution in [-0.4, -0.2) is 44.8 Å². The van der Waals surface area contributed by atoms with Gasteiger partial charge in [0.25, 0.3) is 0 Å². The van der Waals surface area contributed by atoms with Crippen molar-refractivity contribution in [2.45, 2.75) is 26.0 Å². The van der Waals surface area contributed by atoms with Crippen LogP contribution in [-0.2, 0) is 16.1 Å². The van der Waals surface area contributed by atoms with E-state index in [2.05, 4.69) is 16.0 Å². The Morgan fingerprint density at radius 2 is 2.25 bits per heavy atom. The molecule has 1 heterocycles. The number of carbonyl (C=O) groups excluding carboxylic acids is 2. The normalized spacial score (nSPS) is 20.2. The van der Waals surface area contributed by atoms with E-state index in [1.54, 1.807) is 7.11 Å². The van der Waals surface area contributed by atoms with Crippen molar-refractivity contribution in [3.8, 4) is 5.75 Å². The van der Waals surface area contributed by atoms with Crippen molar-refractivity contribution in [3.05, 3.63) is 29.8 Å². The van der Waals surface area contributed by atoms with Crippen LogP contribution >= 0.6 is 0 Å². The Hall–Kier alpha value is -2.28. The zero-order valence-corrected chi connectivity index (χ0v) is 14.1. The average molecular weight is 335 g/mol. The minimum Gasteiger partial charge on any atom is -0.497 e. The molecule has 0 saturated carbocycles. The second-order valence-electron chi connectivity index (χ2n) is 5.84. The number of urea groups is 1. The molecule has 7 heteroatoms. The van der Waals surface area contributed by atoms with Crippen LogP contribution in [0.4, 0.5) is 4.79 Å². The molecule has 0 radical (unpaired) electrons. The molecule has 3 amide bonds. The molecular weight excluding hydrogens is 310 g/mol. The summed E-state index contributed by atoms with van der Waals surface area (Å²) in [6, 6.07) is 6.80. The van der Waals surface area contributed by atoms with E-state index in [1.807, 2.05) is 31.2 Å². The van der Waals surface area contributed by atoms with Gasteiger partial charge in [-0.15, -0.1) is 0 Å². The Balaban J connectivity index is 1.63. The summed E-state index contributed by atoms with van der Waals surface area (Å²) >= 11 is 0. The van der Waals surface area contributed by atoms with Gasteiger partial charge in [0.05, 0.1) is 20.3 Å². The van der Waals surface area contributed by atoms with Crippen molar-refractivity contribution < 1.29 is 19.1 Å². The summed E-state index contributed by atoms with van der Waals surface area (Å²) in [6.07, 6.45) is 0.861. The average Bonchev–Trinajstić information content (AvgIpc) is 2.58. The lowest BCUT2D eigenvalue weighted by molar-refractivity contribution is -0.125. The van der Waals surface area contributed by atoms with E-state index < -0.39 is 6.04 Å². The highest BCUT2D eigenvalue weighted by Gasteiger charge is 2.29. The molecule has 2 unspecified atom stereocenters. The Labute approximate surface area is 142 Å². The van der Waals surface area contributed by atoms with E-state index in [0.717, 1.165) is 17.7 Å². The van der Waals surface area contributed by atoms with E-state index in [4.69, 9.17) is 9.47 Å². The predicted molar refractivity (Wildman–Crippen MR) is 89.8 cm³/mol. The summed E-state index contributed by atoms with van der Waals surface area (Å²) in [4.78, 5) is 23.6. The summed E-state index contributed by atoms with van der Waals surface area (Å²) in [6.45, 7) is 3.83. The fraction of sp³-hybridized carbons (Fsp3) is 0.529. The molecule has 2 rings (SSSR count). The van der Waals surface area contributed by atoms with Crippen LogP contribution < -0.4 is 20.7 Å². The van der Waals surface area contributed by atoms with Gasteiger partial charge in [-0.2, -0.15) is 0 Å². The standard InChI is InChI=1S/C17H25N3O4/c1-12-6-7-18-16(21)15(12)20-17(22)19-8-9-24-11-13-4-3-5-14(10-13)23-2/h3-5,10,12,15H,6-9,11H2,1-2H3,(H,18,21)(H2,19,20,22). The van der Waals surface area contributed by atoms with Crippen molar-refractivity contribution in [1.82, 2.24) is 16.0 Å². The summed E-state index contributed by atoms with van der Waals surface area (Å²) in [7, 11) is 1.62. The lowest BCUT2D eigenvalue weighted by Crippen LogP contribution is -2.56. The molecule has 1 aromatic carbocycles. The third-order valence-electron chi connectivity index (χ3n) is 3.97. The molecule has 2 atom stereocenters. The van der Waals surface area contributed by atoms with E-state index in [1.165, 1.54) is 0 Å². The quantitative estimate of drug-likeness (QED) is 0.650. The van der Waals surface area contributed by atoms with Gasteiger partial charge in [0.15, 0.2) is 0 Å². The zero-order chi connectivity index (χ0) is 17.4. The fourth-order valence-corrected chi connectivity index (χ4v) is 2.55. The molecule has 7 nitrogen and oxygen atoms in total. The van der Waals surface area contributed by atoms with E-state index in [9.17, 15) is 9.59 Å². The molecule has 1 aliphatic heterocycles. The molecule has 132 valence electrons. The summed E-state index contributed by atoms with van der Waals surface area (Å²) in [5.41, 5.74) is 1.01. The smallest absolute Gasteiger partial charge is 0.315 e. The first-order chi connectivity index (χ1) is 11.6. The Bertz CT molecular complexity index is 565. The Morgan fingerprint density at radius 3 is 3.00 bits per heavy atom. The van der Waals surface area contributed by atoms with Gasteiger partial charge in [0.2, 0.25) is 5.91 Å². The summed E-state index contributed by atoms with van der Waals surface area (Å²) in [5.74, 6) is 0.792. The topological polar surface area (TPSA) is 88.7 Å². The van der Waals surface area contributed by atoms with Gasteiger partial charge in [-0.05, 0) is 30.0 Å². The number of amides is 3. The number of ether oxygens (including phenoxy) is 2. The largest absolute Gasteiger partial charge is 0.497 e. The van der Waals surface area contributed by atoms with Crippen LogP contribution in [0, 0.1) is 5.92 Å². The lowest BCUT2D eigenvalue weighted by atomic mass is 9.94. The summed E-state index contributed by atoms with van der Waals surface area (Å²) in [5, 5.41) is 8.16. The molecule has 0 bridgehead atoms. The van der Waals surface area contributed by atoms with Gasteiger partial charge in [-0.3, -0.25) is 4.79 Å². The highest BCUT2D eigenvalue weighted by Crippen LogP contribution is 2.13. The number of nitrogens with one attached hydrogen (secondary N) is 3. The maximum Gasteiger partial charge on any atom is 0.315 e. The van der Waals surface area contributed by atoms with Crippen molar-refractivity contribution in [2.75, 3.05) is 26.8 Å². The van der Waals surface area contributed by atoms with Gasteiger partial charge in [-0.1, -0.05) is 19.1 Å². The number of methoxy groups -OCH3 is 1. The lowest BCUT2D eigenvalue weighted by Gasteiger charge is -2.28. The fourth-order valence-electron chi connectivity index (χ4n) is 2.55. The SMILES string of the molecule is COc1cccc(COCCNC(=O)NC2C(=O)NCCC2C)c1. The van der Waals surface area contributed by atoms with Gasteiger partial charge in [-0.25, -0.2) is 4.79 Å². The first-order valence-corrected chi connectivity index (χ1v) is 8.13. The second-order valence-corrected chi connectivity index (χ2v) is 5.84. The van der Waals surface area contributed by atoms with Gasteiger partial charge >= 0.3 is 6.03 Å². The maximum absolute atomic E-state index is 11.8. The minimum atomic E-state index is -0.476. The highest BCUT2D eigenvalue weighted by atomic mass is 16.5. The monoisotopic (exact) mass is 335 g/mol.